The fourth-order valence-electron chi connectivity index (χ4n) is 2.39. The highest BCUT2D eigenvalue weighted by Crippen LogP contribution is 2.17. The summed E-state index contributed by atoms with van der Waals surface area (Å²) >= 11 is 0. The van der Waals surface area contributed by atoms with E-state index in [9.17, 15) is 4.79 Å². The van der Waals surface area contributed by atoms with Gasteiger partial charge in [-0.05, 0) is 17.7 Å². The van der Waals surface area contributed by atoms with Gasteiger partial charge in [0.05, 0.1) is 7.11 Å². The lowest BCUT2D eigenvalue weighted by molar-refractivity contribution is 0.0945. The largest absolute Gasteiger partial charge is 0.496 e. The summed E-state index contributed by atoms with van der Waals surface area (Å²) < 4.78 is 5.28. The van der Waals surface area contributed by atoms with E-state index in [0.717, 1.165) is 16.9 Å². The molecule has 2 heterocycles. The third kappa shape index (κ3) is 4.54. The highest BCUT2D eigenvalue weighted by Gasteiger charge is 2.10. The molecule has 3 aromatic rings. The molecular formula is C19H19N5O2. The predicted octanol–water partition coefficient (Wildman–Crippen LogP) is 2.42. The topological polar surface area (TPSA) is 89.0 Å². The van der Waals surface area contributed by atoms with Gasteiger partial charge in [-0.3, -0.25) is 9.78 Å². The van der Waals surface area contributed by atoms with Gasteiger partial charge in [0, 0.05) is 37.1 Å². The van der Waals surface area contributed by atoms with Crippen LogP contribution in [0.3, 0.4) is 0 Å². The fourth-order valence-corrected chi connectivity index (χ4v) is 2.39. The Morgan fingerprint density at radius 3 is 2.81 bits per heavy atom. The molecule has 1 aromatic carbocycles. The summed E-state index contributed by atoms with van der Waals surface area (Å²) in [7, 11) is 1.60. The Hall–Kier alpha value is -3.48. The van der Waals surface area contributed by atoms with Crippen molar-refractivity contribution in [1.29, 1.82) is 0 Å². The van der Waals surface area contributed by atoms with Gasteiger partial charge >= 0.3 is 0 Å². The molecule has 0 bridgehead atoms. The molecule has 132 valence electrons. The number of benzene rings is 1. The average Bonchev–Trinajstić information content (AvgIpc) is 2.71. The fraction of sp³-hybridized carbons (Fsp3) is 0.158. The van der Waals surface area contributed by atoms with Crippen LogP contribution in [-0.4, -0.2) is 28.0 Å². The van der Waals surface area contributed by atoms with Gasteiger partial charge in [0.15, 0.2) is 0 Å². The van der Waals surface area contributed by atoms with E-state index >= 15 is 0 Å². The van der Waals surface area contributed by atoms with Crippen LogP contribution in [0, 0.1) is 0 Å². The van der Waals surface area contributed by atoms with Crippen LogP contribution in [-0.2, 0) is 13.1 Å². The van der Waals surface area contributed by atoms with E-state index in [-0.39, 0.29) is 5.91 Å². The van der Waals surface area contributed by atoms with Gasteiger partial charge in [-0.2, -0.15) is 0 Å². The number of carbonyl (C=O) groups is 1. The SMILES string of the molecule is COc1ccccc1CNC(=O)c1cc(NCc2cccnc2)ncn1. The molecule has 2 aromatic heterocycles. The van der Waals surface area contributed by atoms with Crippen LogP contribution in [0.15, 0.2) is 61.2 Å². The molecule has 0 unspecified atom stereocenters. The number of carbonyl (C=O) groups excluding carboxylic acids is 1. The number of hydrogen-bond donors (Lipinski definition) is 2. The van der Waals surface area contributed by atoms with Crippen molar-refractivity contribution in [2.24, 2.45) is 0 Å². The predicted molar refractivity (Wildman–Crippen MR) is 97.8 cm³/mol. The van der Waals surface area contributed by atoms with E-state index in [1.807, 2.05) is 36.4 Å². The second-order valence-electron chi connectivity index (χ2n) is 5.50. The van der Waals surface area contributed by atoms with E-state index < -0.39 is 0 Å². The van der Waals surface area contributed by atoms with Crippen molar-refractivity contribution in [3.63, 3.8) is 0 Å². The number of amides is 1. The van der Waals surface area contributed by atoms with Crippen molar-refractivity contribution in [3.8, 4) is 5.75 Å². The molecule has 0 radical (unpaired) electrons. The number of pyridine rings is 1. The van der Waals surface area contributed by atoms with Gasteiger partial charge in [-0.1, -0.05) is 24.3 Å². The second-order valence-corrected chi connectivity index (χ2v) is 5.50. The number of aromatic nitrogens is 3. The van der Waals surface area contributed by atoms with E-state index in [2.05, 4.69) is 25.6 Å². The summed E-state index contributed by atoms with van der Waals surface area (Å²) in [5.41, 5.74) is 2.21. The second kappa shape index (κ2) is 8.57. The molecule has 7 nitrogen and oxygen atoms in total. The van der Waals surface area contributed by atoms with E-state index in [1.165, 1.54) is 6.33 Å². The number of methoxy groups -OCH3 is 1. The number of para-hydroxylation sites is 1. The molecule has 0 saturated heterocycles. The van der Waals surface area contributed by atoms with Crippen molar-refractivity contribution in [1.82, 2.24) is 20.3 Å². The first-order chi connectivity index (χ1) is 12.8. The lowest BCUT2D eigenvalue weighted by Gasteiger charge is -2.10. The molecule has 0 aliphatic rings. The minimum atomic E-state index is -0.275. The standard InChI is InChI=1S/C19H19N5O2/c1-26-17-7-3-2-6-15(17)12-22-19(25)16-9-18(24-13-23-16)21-11-14-5-4-8-20-10-14/h2-10,13H,11-12H2,1H3,(H,22,25)(H,21,23,24). The van der Waals surface area contributed by atoms with Crippen molar-refractivity contribution >= 4 is 11.7 Å². The first-order valence-corrected chi connectivity index (χ1v) is 8.11. The summed E-state index contributed by atoms with van der Waals surface area (Å²) in [4.78, 5) is 24.6. The van der Waals surface area contributed by atoms with Crippen LogP contribution in [0.4, 0.5) is 5.82 Å². The highest BCUT2D eigenvalue weighted by molar-refractivity contribution is 5.92. The highest BCUT2D eigenvalue weighted by atomic mass is 16.5. The van der Waals surface area contributed by atoms with E-state index in [4.69, 9.17) is 4.74 Å². The van der Waals surface area contributed by atoms with Gasteiger partial charge < -0.3 is 15.4 Å². The summed E-state index contributed by atoms with van der Waals surface area (Å²) in [5, 5.41) is 6.00. The molecule has 0 saturated carbocycles. The smallest absolute Gasteiger partial charge is 0.270 e. The zero-order valence-electron chi connectivity index (χ0n) is 14.3. The Morgan fingerprint density at radius 1 is 1.12 bits per heavy atom. The third-order valence-corrected chi connectivity index (χ3v) is 3.73. The van der Waals surface area contributed by atoms with Gasteiger partial charge in [-0.15, -0.1) is 0 Å². The van der Waals surface area contributed by atoms with Crippen LogP contribution >= 0.6 is 0 Å². The van der Waals surface area contributed by atoms with Crippen molar-refractivity contribution < 1.29 is 9.53 Å². The molecule has 0 atom stereocenters. The first-order valence-electron chi connectivity index (χ1n) is 8.11. The van der Waals surface area contributed by atoms with Crippen LogP contribution in [0.2, 0.25) is 0 Å². The zero-order chi connectivity index (χ0) is 18.2. The van der Waals surface area contributed by atoms with Gasteiger partial charge in [0.25, 0.3) is 5.91 Å². The summed E-state index contributed by atoms with van der Waals surface area (Å²) in [6.45, 7) is 0.915. The maximum Gasteiger partial charge on any atom is 0.270 e. The molecule has 0 aliphatic carbocycles. The number of anilines is 1. The van der Waals surface area contributed by atoms with E-state index in [1.54, 1.807) is 25.6 Å². The molecule has 0 fully saturated rings. The molecule has 3 rings (SSSR count). The summed E-state index contributed by atoms with van der Waals surface area (Å²) in [5.74, 6) is 1.03. The number of rotatable bonds is 7. The molecule has 26 heavy (non-hydrogen) atoms. The van der Waals surface area contributed by atoms with Crippen LogP contribution in [0.1, 0.15) is 21.6 Å². The third-order valence-electron chi connectivity index (χ3n) is 3.73. The molecule has 7 heteroatoms. The van der Waals surface area contributed by atoms with Crippen LogP contribution in [0.25, 0.3) is 0 Å². The quantitative estimate of drug-likeness (QED) is 0.681. The van der Waals surface area contributed by atoms with Crippen LogP contribution < -0.4 is 15.4 Å². The summed E-state index contributed by atoms with van der Waals surface area (Å²) in [6.07, 6.45) is 4.86. The minimum Gasteiger partial charge on any atom is -0.496 e. The Balaban J connectivity index is 1.61. The Kier molecular flexibility index (Phi) is 5.72. The summed E-state index contributed by atoms with van der Waals surface area (Å²) in [6, 6.07) is 13.0. The number of hydrogen-bond acceptors (Lipinski definition) is 6. The Bertz CT molecular complexity index is 871. The molecule has 1 amide bonds. The number of nitrogens with zero attached hydrogens (tertiary/aromatic N) is 3. The monoisotopic (exact) mass is 349 g/mol. The molecule has 0 aliphatic heterocycles. The minimum absolute atomic E-state index is 0.275. The average molecular weight is 349 g/mol. The van der Waals surface area contributed by atoms with Gasteiger partial charge in [-0.25, -0.2) is 9.97 Å². The lowest BCUT2D eigenvalue weighted by Crippen LogP contribution is -2.24. The molecule has 0 spiro atoms. The maximum absolute atomic E-state index is 12.4. The molecular weight excluding hydrogens is 330 g/mol. The zero-order valence-corrected chi connectivity index (χ0v) is 14.3. The molecule has 2 N–H and O–H groups in total. The van der Waals surface area contributed by atoms with Gasteiger partial charge in [0.2, 0.25) is 0 Å². The normalized spacial score (nSPS) is 10.2. The van der Waals surface area contributed by atoms with Crippen molar-refractivity contribution in [3.05, 3.63) is 78.0 Å². The first kappa shape index (κ1) is 17.3. The van der Waals surface area contributed by atoms with Crippen LogP contribution in [0.5, 0.6) is 5.75 Å². The maximum atomic E-state index is 12.4. The Morgan fingerprint density at radius 2 is 2.00 bits per heavy atom. The van der Waals surface area contributed by atoms with Crippen molar-refractivity contribution in [2.75, 3.05) is 12.4 Å². The van der Waals surface area contributed by atoms with Crippen molar-refractivity contribution in [2.45, 2.75) is 13.1 Å². The Labute approximate surface area is 151 Å². The number of ether oxygens (including phenoxy) is 1. The lowest BCUT2D eigenvalue weighted by atomic mass is 10.2. The van der Waals surface area contributed by atoms with Gasteiger partial charge in [0.1, 0.15) is 23.6 Å². The number of nitrogens with one attached hydrogen (secondary N) is 2. The van der Waals surface area contributed by atoms with E-state index in [0.29, 0.717) is 24.6 Å².